The predicted octanol–water partition coefficient (Wildman–Crippen LogP) is 3.92. The molecule has 34 heavy (non-hydrogen) atoms. The number of nitrogens with one attached hydrogen (secondary N) is 5. The van der Waals surface area contributed by atoms with E-state index in [1.807, 2.05) is 55.6 Å². The van der Waals surface area contributed by atoms with Gasteiger partial charge in [-0.15, -0.1) is 0 Å². The first kappa shape index (κ1) is 23.4. The SMILES string of the molecule is CN/C(=C1/C=CNC1=N)N1CCN(C(C)C)C(c2cccc(NC(=O)Nc3ccccc3)c2)C1. The first-order chi connectivity index (χ1) is 16.5. The number of amides is 2. The van der Waals surface area contributed by atoms with Crippen LogP contribution in [0.5, 0.6) is 0 Å². The van der Waals surface area contributed by atoms with Gasteiger partial charge in [0.2, 0.25) is 0 Å². The van der Waals surface area contributed by atoms with Gasteiger partial charge in [0.15, 0.2) is 0 Å². The highest BCUT2D eigenvalue weighted by Gasteiger charge is 2.32. The van der Waals surface area contributed by atoms with Crippen LogP contribution in [0.15, 0.2) is 78.3 Å². The molecule has 0 spiro atoms. The fourth-order valence-electron chi connectivity index (χ4n) is 4.58. The molecule has 0 saturated carbocycles. The third-order valence-corrected chi connectivity index (χ3v) is 6.20. The van der Waals surface area contributed by atoms with Gasteiger partial charge in [-0.3, -0.25) is 10.3 Å². The van der Waals surface area contributed by atoms with Gasteiger partial charge in [0.25, 0.3) is 0 Å². The number of urea groups is 1. The first-order valence-electron chi connectivity index (χ1n) is 11.6. The summed E-state index contributed by atoms with van der Waals surface area (Å²) in [4.78, 5) is 17.3. The zero-order valence-corrected chi connectivity index (χ0v) is 19.9. The number of anilines is 2. The fourth-order valence-corrected chi connectivity index (χ4v) is 4.58. The van der Waals surface area contributed by atoms with Crippen LogP contribution in [-0.4, -0.2) is 54.4 Å². The van der Waals surface area contributed by atoms with Crippen LogP contribution in [0, 0.1) is 5.41 Å². The Kier molecular flexibility index (Phi) is 7.18. The summed E-state index contributed by atoms with van der Waals surface area (Å²) in [5.41, 5.74) is 3.51. The second-order valence-electron chi connectivity index (χ2n) is 8.73. The molecule has 178 valence electrons. The van der Waals surface area contributed by atoms with E-state index in [0.717, 1.165) is 48.0 Å². The summed E-state index contributed by atoms with van der Waals surface area (Å²) in [5.74, 6) is 1.36. The molecule has 0 aliphatic carbocycles. The van der Waals surface area contributed by atoms with Crippen molar-refractivity contribution in [2.75, 3.05) is 37.3 Å². The molecule has 1 atom stereocenters. The van der Waals surface area contributed by atoms with Gasteiger partial charge < -0.3 is 26.2 Å². The number of rotatable bonds is 6. The minimum atomic E-state index is -0.268. The van der Waals surface area contributed by atoms with E-state index in [-0.39, 0.29) is 12.1 Å². The molecule has 8 heteroatoms. The van der Waals surface area contributed by atoms with E-state index in [2.05, 4.69) is 57.0 Å². The van der Waals surface area contributed by atoms with Crippen molar-refractivity contribution in [1.82, 2.24) is 20.4 Å². The van der Waals surface area contributed by atoms with Gasteiger partial charge in [0, 0.05) is 50.3 Å². The lowest BCUT2D eigenvalue weighted by Crippen LogP contribution is -2.52. The van der Waals surface area contributed by atoms with Gasteiger partial charge in [0.05, 0.1) is 11.6 Å². The number of benzene rings is 2. The second kappa shape index (κ2) is 10.4. The molecular formula is C26H33N7O. The Morgan fingerprint density at radius 3 is 2.47 bits per heavy atom. The molecule has 1 unspecified atom stereocenters. The van der Waals surface area contributed by atoms with Gasteiger partial charge in [0.1, 0.15) is 11.7 Å². The third kappa shape index (κ3) is 5.23. The number of carbonyl (C=O) groups is 1. The van der Waals surface area contributed by atoms with Crippen LogP contribution in [0.4, 0.5) is 16.2 Å². The van der Waals surface area contributed by atoms with Gasteiger partial charge in [-0.2, -0.15) is 0 Å². The number of hydrogen-bond acceptors (Lipinski definition) is 5. The maximum Gasteiger partial charge on any atom is 0.323 e. The molecule has 5 N–H and O–H groups in total. The van der Waals surface area contributed by atoms with Crippen LogP contribution in [-0.2, 0) is 0 Å². The highest BCUT2D eigenvalue weighted by molar-refractivity contribution is 6.02. The minimum absolute atomic E-state index is 0.143. The van der Waals surface area contributed by atoms with Gasteiger partial charge in [-0.1, -0.05) is 30.3 Å². The van der Waals surface area contributed by atoms with Crippen molar-refractivity contribution < 1.29 is 4.79 Å². The number of carbonyl (C=O) groups excluding carboxylic acids is 1. The van der Waals surface area contributed by atoms with Crippen molar-refractivity contribution >= 4 is 23.2 Å². The lowest BCUT2D eigenvalue weighted by Gasteiger charge is -2.45. The van der Waals surface area contributed by atoms with E-state index in [0.29, 0.717) is 11.9 Å². The molecule has 1 saturated heterocycles. The van der Waals surface area contributed by atoms with Crippen LogP contribution >= 0.6 is 0 Å². The number of para-hydroxylation sites is 1. The zero-order chi connectivity index (χ0) is 24.1. The Hall–Kier alpha value is -3.78. The van der Waals surface area contributed by atoms with Crippen LogP contribution in [0.25, 0.3) is 0 Å². The lowest BCUT2D eigenvalue weighted by atomic mass is 9.99. The molecule has 2 aliphatic heterocycles. The fraction of sp³-hybridized carbons (Fsp3) is 0.308. The molecule has 0 bridgehead atoms. The van der Waals surface area contributed by atoms with E-state index in [1.165, 1.54) is 0 Å². The summed E-state index contributed by atoms with van der Waals surface area (Å²) in [6.45, 7) is 6.98. The average Bonchev–Trinajstić information content (AvgIpc) is 3.25. The van der Waals surface area contributed by atoms with E-state index in [1.54, 1.807) is 6.20 Å². The van der Waals surface area contributed by atoms with Crippen molar-refractivity contribution in [2.45, 2.75) is 25.9 Å². The van der Waals surface area contributed by atoms with E-state index >= 15 is 0 Å². The molecular weight excluding hydrogens is 426 g/mol. The molecule has 2 amide bonds. The molecule has 2 aliphatic rings. The Morgan fingerprint density at radius 1 is 1.06 bits per heavy atom. The molecule has 2 aromatic rings. The zero-order valence-electron chi connectivity index (χ0n) is 19.9. The molecule has 2 aromatic carbocycles. The highest BCUT2D eigenvalue weighted by Crippen LogP contribution is 2.31. The predicted molar refractivity (Wildman–Crippen MR) is 138 cm³/mol. The summed E-state index contributed by atoms with van der Waals surface area (Å²) < 4.78 is 0. The summed E-state index contributed by atoms with van der Waals surface area (Å²) in [6, 6.07) is 17.7. The first-order valence-corrected chi connectivity index (χ1v) is 11.6. The van der Waals surface area contributed by atoms with Crippen LogP contribution in [0.3, 0.4) is 0 Å². The molecule has 8 nitrogen and oxygen atoms in total. The van der Waals surface area contributed by atoms with Crippen molar-refractivity contribution in [1.29, 1.82) is 5.41 Å². The van der Waals surface area contributed by atoms with Gasteiger partial charge in [-0.25, -0.2) is 4.79 Å². The topological polar surface area (TPSA) is 95.5 Å². The van der Waals surface area contributed by atoms with E-state index in [9.17, 15) is 4.79 Å². The Bertz CT molecular complexity index is 1090. The molecule has 2 heterocycles. The number of nitrogens with zero attached hydrogens (tertiary/aromatic N) is 2. The number of amidine groups is 1. The second-order valence-corrected chi connectivity index (χ2v) is 8.73. The van der Waals surface area contributed by atoms with Gasteiger partial charge >= 0.3 is 6.03 Å². The monoisotopic (exact) mass is 459 g/mol. The maximum atomic E-state index is 12.5. The van der Waals surface area contributed by atoms with Gasteiger partial charge in [-0.05, 0) is 49.8 Å². The maximum absolute atomic E-state index is 12.5. The molecule has 0 radical (unpaired) electrons. The van der Waals surface area contributed by atoms with E-state index < -0.39 is 0 Å². The van der Waals surface area contributed by atoms with Crippen molar-refractivity contribution in [3.8, 4) is 0 Å². The quantitative estimate of drug-likeness (QED) is 0.451. The minimum Gasteiger partial charge on any atom is -0.374 e. The Morgan fingerprint density at radius 2 is 1.79 bits per heavy atom. The normalized spacial score (nSPS) is 19.7. The standard InChI is InChI=1S/C26H33N7O/c1-18(2)33-15-14-32(25(28-3)22-12-13-29-24(22)27)17-23(33)19-8-7-11-21(16-19)31-26(34)30-20-9-5-4-6-10-20/h4-13,16,18,23,28H,14-15,17H2,1-3H3,(H2,27,29)(H2,30,31,34)/b25-22+. The van der Waals surface area contributed by atoms with Crippen molar-refractivity contribution in [2.24, 2.45) is 0 Å². The summed E-state index contributed by atoms with van der Waals surface area (Å²) in [5, 5.41) is 20.3. The number of hydrogen-bond donors (Lipinski definition) is 5. The van der Waals surface area contributed by atoms with Crippen LogP contribution in [0.2, 0.25) is 0 Å². The molecule has 1 fully saturated rings. The van der Waals surface area contributed by atoms with E-state index in [4.69, 9.17) is 5.41 Å². The number of piperazine rings is 1. The highest BCUT2D eigenvalue weighted by atomic mass is 16.2. The lowest BCUT2D eigenvalue weighted by molar-refractivity contribution is 0.0642. The van der Waals surface area contributed by atoms with Crippen molar-refractivity contribution in [3.05, 3.63) is 83.8 Å². The summed E-state index contributed by atoms with van der Waals surface area (Å²) in [7, 11) is 1.90. The Labute approximate surface area is 201 Å². The van der Waals surface area contributed by atoms with Crippen molar-refractivity contribution in [3.63, 3.8) is 0 Å². The summed E-state index contributed by atoms with van der Waals surface area (Å²) >= 11 is 0. The Balaban J connectivity index is 1.55. The smallest absolute Gasteiger partial charge is 0.323 e. The largest absolute Gasteiger partial charge is 0.374 e. The van der Waals surface area contributed by atoms with Crippen LogP contribution in [0.1, 0.15) is 25.5 Å². The average molecular weight is 460 g/mol. The molecule has 4 rings (SSSR count). The molecule has 0 aromatic heterocycles. The summed E-state index contributed by atoms with van der Waals surface area (Å²) in [6.07, 6.45) is 3.74. The third-order valence-electron chi connectivity index (χ3n) is 6.20. The van der Waals surface area contributed by atoms with Crippen LogP contribution < -0.4 is 21.3 Å².